The van der Waals surface area contributed by atoms with Crippen LogP contribution in [0.2, 0.25) is 0 Å². The van der Waals surface area contributed by atoms with Crippen molar-refractivity contribution in [3.8, 4) is 28.7 Å². The number of ether oxygens (including phenoxy) is 4. The van der Waals surface area contributed by atoms with Crippen LogP contribution < -0.4 is 24.3 Å². The van der Waals surface area contributed by atoms with Crippen molar-refractivity contribution in [2.45, 2.75) is 6.92 Å². The lowest BCUT2D eigenvalue weighted by atomic mass is 10.2. The highest BCUT2D eigenvalue weighted by atomic mass is 16.5. The molecule has 3 aromatic carbocycles. The van der Waals surface area contributed by atoms with Gasteiger partial charge in [0.25, 0.3) is 0 Å². The van der Waals surface area contributed by atoms with Crippen LogP contribution in [0.15, 0.2) is 72.9 Å². The van der Waals surface area contributed by atoms with E-state index in [4.69, 9.17) is 18.9 Å². The highest BCUT2D eigenvalue weighted by Gasteiger charge is 2.11. The summed E-state index contributed by atoms with van der Waals surface area (Å²) in [7, 11) is 3.22. The molecule has 0 fully saturated rings. The van der Waals surface area contributed by atoms with Crippen LogP contribution in [0, 0.1) is 6.92 Å². The average Bonchev–Trinajstić information content (AvgIpc) is 2.83. The average molecular weight is 431 g/mol. The van der Waals surface area contributed by atoms with Crippen molar-refractivity contribution in [2.24, 2.45) is 0 Å². The first-order chi connectivity index (χ1) is 15.7. The maximum absolute atomic E-state index is 6.13. The summed E-state index contributed by atoms with van der Waals surface area (Å²) in [5.74, 6) is 3.60. The second-order valence-corrected chi connectivity index (χ2v) is 7.20. The second-order valence-electron chi connectivity index (χ2n) is 7.20. The first kappa shape index (κ1) is 21.3. The maximum atomic E-state index is 6.13. The number of anilines is 1. The Morgan fingerprint density at radius 1 is 0.812 bits per heavy atom. The SMILES string of the molecule is COc1cc2nccc(Oc3ccc(NCCOc4ccccc4C)cc3)c2cc1OC. The summed E-state index contributed by atoms with van der Waals surface area (Å²) in [4.78, 5) is 4.41. The van der Waals surface area contributed by atoms with E-state index in [0.29, 0.717) is 30.4 Å². The van der Waals surface area contributed by atoms with Gasteiger partial charge in [-0.1, -0.05) is 18.2 Å². The fraction of sp³-hybridized carbons (Fsp3) is 0.192. The number of pyridine rings is 1. The number of hydrogen-bond donors (Lipinski definition) is 1. The van der Waals surface area contributed by atoms with Crippen molar-refractivity contribution in [3.63, 3.8) is 0 Å². The summed E-state index contributed by atoms with van der Waals surface area (Å²) in [5, 5.41) is 4.21. The van der Waals surface area contributed by atoms with Crippen LogP contribution in [-0.4, -0.2) is 32.4 Å². The molecule has 0 atom stereocenters. The summed E-state index contributed by atoms with van der Waals surface area (Å²) >= 11 is 0. The molecular weight excluding hydrogens is 404 g/mol. The van der Waals surface area contributed by atoms with Gasteiger partial charge in [0.15, 0.2) is 11.5 Å². The van der Waals surface area contributed by atoms with Gasteiger partial charge in [0.1, 0.15) is 23.9 Å². The number of aryl methyl sites for hydroxylation is 1. The number of rotatable bonds is 9. The molecule has 6 nitrogen and oxygen atoms in total. The van der Waals surface area contributed by atoms with Crippen molar-refractivity contribution in [2.75, 3.05) is 32.7 Å². The highest BCUT2D eigenvalue weighted by molar-refractivity contribution is 5.88. The van der Waals surface area contributed by atoms with Gasteiger partial charge >= 0.3 is 0 Å². The standard InChI is InChI=1S/C26H26N2O4/c1-18-6-4-5-7-23(18)31-15-14-27-19-8-10-20(11-9-19)32-24-12-13-28-22-17-26(30-3)25(29-2)16-21(22)24/h4-13,16-17,27H,14-15H2,1-3H3. The van der Waals surface area contributed by atoms with Crippen LogP contribution in [-0.2, 0) is 0 Å². The summed E-state index contributed by atoms with van der Waals surface area (Å²) in [6.07, 6.45) is 1.72. The van der Waals surface area contributed by atoms with Gasteiger partial charge in [0, 0.05) is 29.9 Å². The second kappa shape index (κ2) is 9.92. The van der Waals surface area contributed by atoms with E-state index in [1.54, 1.807) is 20.4 Å². The molecule has 0 saturated heterocycles. The number of fused-ring (bicyclic) bond motifs is 1. The monoisotopic (exact) mass is 430 g/mol. The number of hydrogen-bond acceptors (Lipinski definition) is 6. The van der Waals surface area contributed by atoms with E-state index in [0.717, 1.165) is 33.7 Å². The molecule has 0 amide bonds. The molecule has 164 valence electrons. The van der Waals surface area contributed by atoms with E-state index in [1.807, 2.05) is 73.7 Å². The van der Waals surface area contributed by atoms with Gasteiger partial charge in [-0.3, -0.25) is 4.98 Å². The van der Waals surface area contributed by atoms with Gasteiger partial charge < -0.3 is 24.3 Å². The summed E-state index contributed by atoms with van der Waals surface area (Å²) < 4.78 is 22.7. The summed E-state index contributed by atoms with van der Waals surface area (Å²) in [6.45, 7) is 3.32. The molecule has 0 aliphatic rings. The zero-order chi connectivity index (χ0) is 22.3. The predicted molar refractivity (Wildman–Crippen MR) is 127 cm³/mol. The van der Waals surface area contributed by atoms with E-state index < -0.39 is 0 Å². The van der Waals surface area contributed by atoms with Crippen LogP contribution >= 0.6 is 0 Å². The minimum absolute atomic E-state index is 0.581. The third kappa shape index (κ3) is 4.86. The van der Waals surface area contributed by atoms with E-state index in [2.05, 4.69) is 10.3 Å². The van der Waals surface area contributed by atoms with E-state index in [-0.39, 0.29) is 0 Å². The molecule has 6 heteroatoms. The minimum atomic E-state index is 0.581. The molecule has 32 heavy (non-hydrogen) atoms. The molecule has 0 unspecified atom stereocenters. The quantitative estimate of drug-likeness (QED) is 0.337. The Balaban J connectivity index is 1.39. The Hall–Kier alpha value is -3.93. The Morgan fingerprint density at radius 2 is 1.56 bits per heavy atom. The van der Waals surface area contributed by atoms with Gasteiger partial charge in [0.05, 0.1) is 19.7 Å². The lowest BCUT2D eigenvalue weighted by Gasteiger charge is -2.13. The van der Waals surface area contributed by atoms with Crippen molar-refractivity contribution in [1.29, 1.82) is 0 Å². The molecule has 1 N–H and O–H groups in total. The first-order valence-electron chi connectivity index (χ1n) is 10.4. The Labute approximate surface area is 187 Å². The van der Waals surface area contributed by atoms with Crippen molar-refractivity contribution >= 4 is 16.6 Å². The first-order valence-corrected chi connectivity index (χ1v) is 10.4. The Bertz CT molecular complexity index is 1190. The molecule has 0 aliphatic heterocycles. The zero-order valence-electron chi connectivity index (χ0n) is 18.4. The smallest absolute Gasteiger partial charge is 0.162 e. The Morgan fingerprint density at radius 3 is 2.31 bits per heavy atom. The number of benzene rings is 3. The largest absolute Gasteiger partial charge is 0.493 e. The van der Waals surface area contributed by atoms with Crippen LogP contribution in [0.5, 0.6) is 28.7 Å². The molecule has 4 aromatic rings. The van der Waals surface area contributed by atoms with Crippen LogP contribution in [0.1, 0.15) is 5.56 Å². The van der Waals surface area contributed by atoms with E-state index in [9.17, 15) is 0 Å². The molecule has 0 radical (unpaired) electrons. The molecule has 4 rings (SSSR count). The highest BCUT2D eigenvalue weighted by Crippen LogP contribution is 2.36. The third-order valence-electron chi connectivity index (χ3n) is 5.07. The van der Waals surface area contributed by atoms with Crippen molar-refractivity contribution in [1.82, 2.24) is 4.98 Å². The number of aromatic nitrogens is 1. The maximum Gasteiger partial charge on any atom is 0.162 e. The minimum Gasteiger partial charge on any atom is -0.493 e. The van der Waals surface area contributed by atoms with Crippen LogP contribution in [0.25, 0.3) is 10.9 Å². The predicted octanol–water partition coefficient (Wildman–Crippen LogP) is 5.84. The fourth-order valence-electron chi connectivity index (χ4n) is 3.38. The lowest BCUT2D eigenvalue weighted by molar-refractivity contribution is 0.330. The molecule has 0 aliphatic carbocycles. The van der Waals surface area contributed by atoms with Crippen molar-refractivity contribution < 1.29 is 18.9 Å². The van der Waals surface area contributed by atoms with Gasteiger partial charge in [-0.15, -0.1) is 0 Å². The van der Waals surface area contributed by atoms with Gasteiger partial charge in [-0.25, -0.2) is 0 Å². The molecule has 0 bridgehead atoms. The number of nitrogens with zero attached hydrogens (tertiary/aromatic N) is 1. The molecule has 0 saturated carbocycles. The normalized spacial score (nSPS) is 10.6. The van der Waals surface area contributed by atoms with Gasteiger partial charge in [0.2, 0.25) is 0 Å². The van der Waals surface area contributed by atoms with E-state index in [1.165, 1.54) is 0 Å². The summed E-state index contributed by atoms with van der Waals surface area (Å²) in [6, 6.07) is 21.4. The fourth-order valence-corrected chi connectivity index (χ4v) is 3.38. The van der Waals surface area contributed by atoms with Gasteiger partial charge in [-0.05, 0) is 55.0 Å². The molecule has 1 aromatic heterocycles. The summed E-state index contributed by atoms with van der Waals surface area (Å²) in [5.41, 5.74) is 2.90. The number of methoxy groups -OCH3 is 2. The van der Waals surface area contributed by atoms with Crippen LogP contribution in [0.3, 0.4) is 0 Å². The topological polar surface area (TPSA) is 61.8 Å². The molecular formula is C26H26N2O4. The van der Waals surface area contributed by atoms with Gasteiger partial charge in [-0.2, -0.15) is 0 Å². The number of para-hydroxylation sites is 1. The zero-order valence-corrected chi connectivity index (χ0v) is 18.4. The molecule has 1 heterocycles. The van der Waals surface area contributed by atoms with Crippen LogP contribution in [0.4, 0.5) is 5.69 Å². The molecule has 0 spiro atoms. The number of nitrogens with one attached hydrogen (secondary N) is 1. The Kier molecular flexibility index (Phi) is 6.60. The van der Waals surface area contributed by atoms with Crippen molar-refractivity contribution in [3.05, 3.63) is 78.5 Å². The lowest BCUT2D eigenvalue weighted by Crippen LogP contribution is -2.11. The van der Waals surface area contributed by atoms with E-state index >= 15 is 0 Å². The third-order valence-corrected chi connectivity index (χ3v) is 5.07.